The third-order valence-corrected chi connectivity index (χ3v) is 1.97. The third kappa shape index (κ3) is 2.53. The number of hydrogen-bond acceptors (Lipinski definition) is 1. The maximum absolute atomic E-state index is 3.33. The summed E-state index contributed by atoms with van der Waals surface area (Å²) in [5.41, 5.74) is 1.62. The predicted octanol–water partition coefficient (Wildman–Crippen LogP) is 2.10. The quantitative estimate of drug-likeness (QED) is 0.466. The Bertz CT molecular complexity index is 108. The second-order valence-electron chi connectivity index (χ2n) is 2.93. The van der Waals surface area contributed by atoms with Crippen LogP contribution < -0.4 is 5.32 Å². The van der Waals surface area contributed by atoms with Gasteiger partial charge in [0.25, 0.3) is 0 Å². The molecule has 1 rings (SSSR count). The maximum atomic E-state index is 3.33. The SMILES string of the molecule is CCCC/C=C1\CCNC1. The van der Waals surface area contributed by atoms with Crippen LogP contribution >= 0.6 is 0 Å². The first-order chi connectivity index (χ1) is 4.93. The van der Waals surface area contributed by atoms with Crippen LogP contribution in [0.1, 0.15) is 32.6 Å². The monoisotopic (exact) mass is 139 g/mol. The summed E-state index contributed by atoms with van der Waals surface area (Å²) in [7, 11) is 0. The van der Waals surface area contributed by atoms with E-state index in [1.807, 2.05) is 0 Å². The largest absolute Gasteiger partial charge is 0.313 e. The van der Waals surface area contributed by atoms with Crippen molar-refractivity contribution >= 4 is 0 Å². The molecule has 58 valence electrons. The van der Waals surface area contributed by atoms with Gasteiger partial charge in [-0.15, -0.1) is 0 Å². The molecular formula is C9H17N. The zero-order chi connectivity index (χ0) is 7.23. The van der Waals surface area contributed by atoms with Crippen molar-refractivity contribution in [3.63, 3.8) is 0 Å². The van der Waals surface area contributed by atoms with E-state index in [4.69, 9.17) is 0 Å². The van der Waals surface area contributed by atoms with E-state index < -0.39 is 0 Å². The highest BCUT2D eigenvalue weighted by molar-refractivity contribution is 5.08. The maximum Gasteiger partial charge on any atom is 0.0165 e. The summed E-state index contributed by atoms with van der Waals surface area (Å²) in [4.78, 5) is 0. The molecule has 1 fully saturated rings. The Morgan fingerprint density at radius 3 is 3.10 bits per heavy atom. The number of hydrogen-bond donors (Lipinski definition) is 1. The average molecular weight is 139 g/mol. The Hall–Kier alpha value is -0.300. The lowest BCUT2D eigenvalue weighted by atomic mass is 10.1. The molecule has 0 atom stereocenters. The van der Waals surface area contributed by atoms with Crippen LogP contribution in [0.15, 0.2) is 11.6 Å². The molecular weight excluding hydrogens is 122 g/mol. The predicted molar refractivity (Wildman–Crippen MR) is 45.1 cm³/mol. The summed E-state index contributed by atoms with van der Waals surface area (Å²) >= 11 is 0. The third-order valence-electron chi connectivity index (χ3n) is 1.97. The highest BCUT2D eigenvalue weighted by Gasteiger charge is 2.03. The topological polar surface area (TPSA) is 12.0 Å². The molecule has 0 spiro atoms. The first-order valence-corrected chi connectivity index (χ1v) is 4.32. The molecule has 1 N–H and O–H groups in total. The first kappa shape index (κ1) is 7.80. The zero-order valence-corrected chi connectivity index (χ0v) is 6.82. The van der Waals surface area contributed by atoms with Crippen molar-refractivity contribution in [2.75, 3.05) is 13.1 Å². The summed E-state index contributed by atoms with van der Waals surface area (Å²) in [6, 6.07) is 0. The van der Waals surface area contributed by atoms with Crippen LogP contribution in [-0.4, -0.2) is 13.1 Å². The van der Waals surface area contributed by atoms with Crippen molar-refractivity contribution in [2.24, 2.45) is 0 Å². The van der Waals surface area contributed by atoms with E-state index in [9.17, 15) is 0 Å². The molecule has 0 radical (unpaired) electrons. The highest BCUT2D eigenvalue weighted by atomic mass is 14.9. The zero-order valence-electron chi connectivity index (χ0n) is 6.82. The van der Waals surface area contributed by atoms with E-state index in [0.717, 1.165) is 6.54 Å². The Morgan fingerprint density at radius 1 is 1.60 bits per heavy atom. The minimum Gasteiger partial charge on any atom is -0.313 e. The van der Waals surface area contributed by atoms with Crippen molar-refractivity contribution < 1.29 is 0 Å². The van der Waals surface area contributed by atoms with Crippen LogP contribution in [-0.2, 0) is 0 Å². The van der Waals surface area contributed by atoms with Crippen LogP contribution in [0, 0.1) is 0 Å². The van der Waals surface area contributed by atoms with Crippen LogP contribution in [0.4, 0.5) is 0 Å². The van der Waals surface area contributed by atoms with E-state index in [0.29, 0.717) is 0 Å². The molecule has 10 heavy (non-hydrogen) atoms. The molecule has 0 saturated carbocycles. The average Bonchev–Trinajstić information content (AvgIpc) is 2.41. The fraction of sp³-hybridized carbons (Fsp3) is 0.778. The smallest absolute Gasteiger partial charge is 0.0165 e. The molecule has 1 nitrogen and oxygen atoms in total. The minimum atomic E-state index is 1.14. The van der Waals surface area contributed by atoms with Crippen LogP contribution in [0.5, 0.6) is 0 Å². The van der Waals surface area contributed by atoms with Crippen LogP contribution in [0.3, 0.4) is 0 Å². The van der Waals surface area contributed by atoms with Crippen molar-refractivity contribution in [2.45, 2.75) is 32.6 Å². The van der Waals surface area contributed by atoms with Gasteiger partial charge in [0, 0.05) is 6.54 Å². The van der Waals surface area contributed by atoms with Crippen LogP contribution in [0.25, 0.3) is 0 Å². The molecule has 0 aromatic rings. The van der Waals surface area contributed by atoms with Crippen molar-refractivity contribution in [3.8, 4) is 0 Å². The Morgan fingerprint density at radius 2 is 2.50 bits per heavy atom. The summed E-state index contributed by atoms with van der Waals surface area (Å²) in [5, 5.41) is 3.33. The molecule has 1 aliphatic rings. The standard InChI is InChI=1S/C9H17N/c1-2-3-4-5-9-6-7-10-8-9/h5,10H,2-4,6-8H2,1H3/b9-5+. The van der Waals surface area contributed by atoms with Gasteiger partial charge in [0.15, 0.2) is 0 Å². The normalized spacial score (nSPS) is 22.3. The summed E-state index contributed by atoms with van der Waals surface area (Å²) in [6.07, 6.45) is 7.64. The Balaban J connectivity index is 2.12. The molecule has 0 aromatic heterocycles. The summed E-state index contributed by atoms with van der Waals surface area (Å²) in [5.74, 6) is 0. The fourth-order valence-corrected chi connectivity index (χ4v) is 1.27. The fourth-order valence-electron chi connectivity index (χ4n) is 1.27. The molecule has 0 bridgehead atoms. The molecule has 0 aromatic carbocycles. The lowest BCUT2D eigenvalue weighted by Crippen LogP contribution is -2.04. The van der Waals surface area contributed by atoms with E-state index in [2.05, 4.69) is 18.3 Å². The molecule has 0 amide bonds. The van der Waals surface area contributed by atoms with Gasteiger partial charge in [-0.3, -0.25) is 0 Å². The van der Waals surface area contributed by atoms with E-state index in [-0.39, 0.29) is 0 Å². The molecule has 0 aliphatic carbocycles. The van der Waals surface area contributed by atoms with Crippen molar-refractivity contribution in [1.82, 2.24) is 5.32 Å². The number of nitrogens with one attached hydrogen (secondary N) is 1. The lowest BCUT2D eigenvalue weighted by molar-refractivity contribution is 0.808. The molecule has 1 aliphatic heterocycles. The Kier molecular flexibility index (Phi) is 3.52. The minimum absolute atomic E-state index is 1.14. The van der Waals surface area contributed by atoms with E-state index in [1.165, 1.54) is 32.2 Å². The van der Waals surface area contributed by atoms with E-state index >= 15 is 0 Å². The van der Waals surface area contributed by atoms with Gasteiger partial charge in [0.2, 0.25) is 0 Å². The highest BCUT2D eigenvalue weighted by Crippen LogP contribution is 2.08. The van der Waals surface area contributed by atoms with Gasteiger partial charge in [0.05, 0.1) is 0 Å². The summed E-state index contributed by atoms with van der Waals surface area (Å²) < 4.78 is 0. The van der Waals surface area contributed by atoms with Gasteiger partial charge >= 0.3 is 0 Å². The molecule has 0 unspecified atom stereocenters. The molecule has 1 heterocycles. The first-order valence-electron chi connectivity index (χ1n) is 4.32. The number of allylic oxidation sites excluding steroid dienone is 1. The van der Waals surface area contributed by atoms with Gasteiger partial charge in [-0.1, -0.05) is 31.4 Å². The Labute approximate surface area is 63.5 Å². The number of rotatable bonds is 3. The molecule has 1 heteroatoms. The van der Waals surface area contributed by atoms with Gasteiger partial charge < -0.3 is 5.32 Å². The summed E-state index contributed by atoms with van der Waals surface area (Å²) in [6.45, 7) is 4.58. The van der Waals surface area contributed by atoms with Gasteiger partial charge in [-0.05, 0) is 19.4 Å². The van der Waals surface area contributed by atoms with Crippen LogP contribution in [0.2, 0.25) is 0 Å². The van der Waals surface area contributed by atoms with Crippen molar-refractivity contribution in [3.05, 3.63) is 11.6 Å². The second-order valence-corrected chi connectivity index (χ2v) is 2.93. The van der Waals surface area contributed by atoms with Crippen molar-refractivity contribution in [1.29, 1.82) is 0 Å². The molecule has 1 saturated heterocycles. The second kappa shape index (κ2) is 4.51. The van der Waals surface area contributed by atoms with E-state index in [1.54, 1.807) is 5.57 Å². The lowest BCUT2D eigenvalue weighted by Gasteiger charge is -1.93. The van der Waals surface area contributed by atoms with Gasteiger partial charge in [0.1, 0.15) is 0 Å². The van der Waals surface area contributed by atoms with Gasteiger partial charge in [-0.2, -0.15) is 0 Å². The number of unbranched alkanes of at least 4 members (excludes halogenated alkanes) is 2. The van der Waals surface area contributed by atoms with Gasteiger partial charge in [-0.25, -0.2) is 0 Å².